The van der Waals surface area contributed by atoms with Crippen LogP contribution in [0.5, 0.6) is 0 Å². The molecule has 0 bridgehead atoms. The van der Waals surface area contributed by atoms with Crippen LogP contribution in [-0.4, -0.2) is 20.6 Å². The molecule has 6 heteroatoms. The first-order valence-electron chi connectivity index (χ1n) is 4.48. The molecule has 0 fully saturated rings. The summed E-state index contributed by atoms with van der Waals surface area (Å²) in [6.07, 6.45) is 0. The van der Waals surface area contributed by atoms with Gasteiger partial charge in [-0.05, 0) is 12.1 Å². The minimum atomic E-state index is -1.05. The van der Waals surface area contributed by atoms with Crippen LogP contribution in [0.4, 0.5) is 5.69 Å². The number of carboxylic acid groups (broad SMARTS) is 1. The summed E-state index contributed by atoms with van der Waals surface area (Å²) in [7, 11) is 1.56. The molecule has 1 N–H and O–H groups in total. The maximum absolute atomic E-state index is 10.9. The van der Waals surface area contributed by atoms with Gasteiger partial charge in [-0.3, -0.25) is 10.1 Å². The summed E-state index contributed by atoms with van der Waals surface area (Å²) in [6.45, 7) is 0. The molecule has 0 saturated heterocycles. The highest BCUT2D eigenvalue weighted by Gasteiger charge is 2.14. The van der Waals surface area contributed by atoms with Crippen molar-refractivity contribution in [3.05, 3.63) is 40.1 Å². The quantitative estimate of drug-likeness (QED) is 0.617. The molecule has 16 heavy (non-hydrogen) atoms. The number of hydrogen-bond acceptors (Lipinski definition) is 3. The fourth-order valence-corrected chi connectivity index (χ4v) is 1.64. The number of nitro benzene ring substituents is 1. The molecule has 1 heterocycles. The Morgan fingerprint density at radius 3 is 2.69 bits per heavy atom. The Labute approximate surface area is 89.9 Å². The highest BCUT2D eigenvalue weighted by atomic mass is 16.6. The second-order valence-corrected chi connectivity index (χ2v) is 3.39. The first-order valence-corrected chi connectivity index (χ1v) is 4.48. The number of nitro groups is 1. The fraction of sp³-hybridized carbons (Fsp3) is 0.100. The van der Waals surface area contributed by atoms with Crippen LogP contribution in [0.1, 0.15) is 10.5 Å². The molecular formula is C10H8N2O4. The van der Waals surface area contributed by atoms with E-state index < -0.39 is 10.9 Å². The lowest BCUT2D eigenvalue weighted by Crippen LogP contribution is -2.03. The molecule has 0 spiro atoms. The fourth-order valence-electron chi connectivity index (χ4n) is 1.64. The first-order chi connectivity index (χ1) is 7.50. The molecule has 6 nitrogen and oxygen atoms in total. The van der Waals surface area contributed by atoms with E-state index >= 15 is 0 Å². The van der Waals surface area contributed by atoms with Gasteiger partial charge >= 0.3 is 5.97 Å². The van der Waals surface area contributed by atoms with E-state index in [0.717, 1.165) is 0 Å². The number of carboxylic acids is 1. The van der Waals surface area contributed by atoms with Gasteiger partial charge in [0.05, 0.1) is 10.4 Å². The number of fused-ring (bicyclic) bond motifs is 1. The first kappa shape index (κ1) is 10.2. The predicted octanol–water partition coefficient (Wildman–Crippen LogP) is 1.78. The maximum atomic E-state index is 10.9. The second-order valence-electron chi connectivity index (χ2n) is 3.39. The number of hydrogen-bond donors (Lipinski definition) is 1. The average Bonchev–Trinajstić information content (AvgIpc) is 2.56. The van der Waals surface area contributed by atoms with Crippen molar-refractivity contribution in [2.45, 2.75) is 0 Å². The van der Waals surface area contributed by atoms with Gasteiger partial charge in [0, 0.05) is 24.6 Å². The number of rotatable bonds is 2. The van der Waals surface area contributed by atoms with E-state index in [-0.39, 0.29) is 11.4 Å². The smallest absolute Gasteiger partial charge is 0.352 e. The summed E-state index contributed by atoms with van der Waals surface area (Å²) in [5, 5.41) is 20.1. The van der Waals surface area contributed by atoms with Gasteiger partial charge < -0.3 is 9.67 Å². The monoisotopic (exact) mass is 220 g/mol. The minimum absolute atomic E-state index is 0.0503. The lowest BCUT2D eigenvalue weighted by Gasteiger charge is -1.98. The van der Waals surface area contributed by atoms with Crippen molar-refractivity contribution in [3.8, 4) is 0 Å². The highest BCUT2D eigenvalue weighted by Crippen LogP contribution is 2.23. The van der Waals surface area contributed by atoms with Gasteiger partial charge in [-0.25, -0.2) is 4.79 Å². The number of aromatic carboxylic acids is 1. The Morgan fingerprint density at radius 2 is 2.12 bits per heavy atom. The van der Waals surface area contributed by atoms with E-state index in [0.29, 0.717) is 10.9 Å². The lowest BCUT2D eigenvalue weighted by molar-refractivity contribution is -0.384. The van der Waals surface area contributed by atoms with Crippen LogP contribution in [0.15, 0.2) is 24.3 Å². The van der Waals surface area contributed by atoms with Crippen LogP contribution < -0.4 is 0 Å². The molecule has 0 radical (unpaired) electrons. The molecular weight excluding hydrogens is 212 g/mol. The molecule has 1 aromatic carbocycles. The number of aromatic nitrogens is 1. The number of carbonyl (C=O) groups is 1. The van der Waals surface area contributed by atoms with Crippen molar-refractivity contribution >= 4 is 22.6 Å². The third-order valence-corrected chi connectivity index (χ3v) is 2.46. The van der Waals surface area contributed by atoms with E-state index in [9.17, 15) is 14.9 Å². The second kappa shape index (κ2) is 3.34. The normalized spacial score (nSPS) is 10.6. The molecule has 0 aliphatic heterocycles. The van der Waals surface area contributed by atoms with Crippen molar-refractivity contribution in [2.24, 2.45) is 7.05 Å². The van der Waals surface area contributed by atoms with Gasteiger partial charge in [-0.15, -0.1) is 0 Å². The van der Waals surface area contributed by atoms with Crippen molar-refractivity contribution in [1.29, 1.82) is 0 Å². The van der Waals surface area contributed by atoms with Gasteiger partial charge in [0.15, 0.2) is 0 Å². The van der Waals surface area contributed by atoms with Gasteiger partial charge in [0.25, 0.3) is 5.69 Å². The molecule has 0 aliphatic carbocycles. The Bertz CT molecular complexity index is 600. The van der Waals surface area contributed by atoms with Crippen LogP contribution in [0.25, 0.3) is 10.9 Å². The molecule has 0 aliphatic rings. The number of non-ortho nitro benzene ring substituents is 1. The third-order valence-electron chi connectivity index (χ3n) is 2.46. The summed E-state index contributed by atoms with van der Waals surface area (Å²) in [4.78, 5) is 20.9. The Hall–Kier alpha value is -2.37. The number of nitrogens with zero attached hydrogens (tertiary/aromatic N) is 2. The van der Waals surface area contributed by atoms with E-state index in [1.807, 2.05) is 0 Å². The van der Waals surface area contributed by atoms with Crippen LogP contribution in [0.2, 0.25) is 0 Å². The van der Waals surface area contributed by atoms with Crippen molar-refractivity contribution in [2.75, 3.05) is 0 Å². The number of benzene rings is 1. The van der Waals surface area contributed by atoms with E-state index in [1.165, 1.54) is 22.8 Å². The summed E-state index contributed by atoms with van der Waals surface area (Å²) in [5.41, 5.74) is 0.590. The largest absolute Gasteiger partial charge is 0.477 e. The van der Waals surface area contributed by atoms with Gasteiger partial charge in [0.2, 0.25) is 0 Å². The minimum Gasteiger partial charge on any atom is -0.477 e. The third kappa shape index (κ3) is 1.40. The zero-order valence-corrected chi connectivity index (χ0v) is 8.38. The van der Waals surface area contributed by atoms with Gasteiger partial charge in [-0.1, -0.05) is 0 Å². The van der Waals surface area contributed by atoms with E-state index in [4.69, 9.17) is 5.11 Å². The highest BCUT2D eigenvalue weighted by molar-refractivity contribution is 5.95. The van der Waals surface area contributed by atoms with Gasteiger partial charge in [0.1, 0.15) is 5.69 Å². The summed E-state index contributed by atoms with van der Waals surface area (Å²) >= 11 is 0. The van der Waals surface area contributed by atoms with E-state index in [2.05, 4.69) is 0 Å². The van der Waals surface area contributed by atoms with Crippen molar-refractivity contribution in [3.63, 3.8) is 0 Å². The van der Waals surface area contributed by atoms with Crippen LogP contribution in [0, 0.1) is 10.1 Å². The summed E-state index contributed by atoms with van der Waals surface area (Å²) in [5.74, 6) is -1.05. The van der Waals surface area contributed by atoms with Crippen LogP contribution in [0.3, 0.4) is 0 Å². The molecule has 82 valence electrons. The molecule has 2 rings (SSSR count). The summed E-state index contributed by atoms with van der Waals surface area (Å²) in [6, 6.07) is 5.75. The average molecular weight is 220 g/mol. The topological polar surface area (TPSA) is 85.4 Å². The zero-order valence-electron chi connectivity index (χ0n) is 8.38. The molecule has 0 atom stereocenters. The molecule has 0 unspecified atom stereocenters. The zero-order chi connectivity index (χ0) is 11.9. The van der Waals surface area contributed by atoms with Crippen LogP contribution in [-0.2, 0) is 7.05 Å². The molecule has 1 aromatic heterocycles. The van der Waals surface area contributed by atoms with Crippen LogP contribution >= 0.6 is 0 Å². The maximum Gasteiger partial charge on any atom is 0.352 e. The molecule has 0 amide bonds. The molecule has 0 saturated carbocycles. The van der Waals surface area contributed by atoms with Crippen molar-refractivity contribution in [1.82, 2.24) is 4.57 Å². The predicted molar refractivity (Wildman–Crippen MR) is 56.5 cm³/mol. The lowest BCUT2D eigenvalue weighted by atomic mass is 10.2. The van der Waals surface area contributed by atoms with Gasteiger partial charge in [-0.2, -0.15) is 0 Å². The Morgan fingerprint density at radius 1 is 1.44 bits per heavy atom. The Kier molecular flexibility index (Phi) is 2.12. The number of aryl methyl sites for hydroxylation is 1. The SMILES string of the molecule is Cn1c(C(=O)O)cc2ccc([N+](=O)[O-])cc21. The van der Waals surface area contributed by atoms with Crippen molar-refractivity contribution < 1.29 is 14.8 Å². The summed E-state index contributed by atoms with van der Waals surface area (Å²) < 4.78 is 1.42. The molecule has 2 aromatic rings. The van der Waals surface area contributed by atoms with E-state index in [1.54, 1.807) is 13.1 Å². The standard InChI is InChI=1S/C10H8N2O4/c1-11-8-5-7(12(15)16)3-2-6(8)4-9(11)10(13)14/h2-5H,1H3,(H,13,14). The Balaban J connectivity index is 2.73.